The maximum atomic E-state index is 13.3. The number of hydrogen-bond donors (Lipinski definition) is 1. The molecule has 1 aliphatic heterocycles. The Morgan fingerprint density at radius 2 is 2.21 bits per heavy atom. The van der Waals surface area contributed by atoms with E-state index in [1.165, 1.54) is 25.3 Å². The van der Waals surface area contributed by atoms with Gasteiger partial charge in [-0.15, -0.1) is 0 Å². The molecule has 106 valence electrons. The molecule has 1 heterocycles. The Labute approximate surface area is 115 Å². The van der Waals surface area contributed by atoms with E-state index < -0.39 is 0 Å². The van der Waals surface area contributed by atoms with Gasteiger partial charge in [0.25, 0.3) is 0 Å². The molecule has 1 fully saturated rings. The van der Waals surface area contributed by atoms with E-state index in [1.807, 2.05) is 13.0 Å². The van der Waals surface area contributed by atoms with Gasteiger partial charge < -0.3 is 5.11 Å². The Bertz CT molecular complexity index is 394. The van der Waals surface area contributed by atoms with Crippen LogP contribution in [0.5, 0.6) is 0 Å². The molecule has 2 rings (SSSR count). The van der Waals surface area contributed by atoms with Gasteiger partial charge >= 0.3 is 0 Å². The van der Waals surface area contributed by atoms with Crippen LogP contribution in [0.2, 0.25) is 0 Å². The fraction of sp³-hybridized carbons (Fsp3) is 0.625. The van der Waals surface area contributed by atoms with Crippen LogP contribution >= 0.6 is 0 Å². The van der Waals surface area contributed by atoms with Crippen LogP contribution in [-0.2, 0) is 6.54 Å². The predicted molar refractivity (Wildman–Crippen MR) is 75.4 cm³/mol. The summed E-state index contributed by atoms with van der Waals surface area (Å²) in [5.74, 6) is -0.167. The topological polar surface area (TPSA) is 23.5 Å². The maximum absolute atomic E-state index is 13.3. The van der Waals surface area contributed by atoms with Crippen molar-refractivity contribution in [2.24, 2.45) is 0 Å². The van der Waals surface area contributed by atoms with Crippen molar-refractivity contribution in [1.29, 1.82) is 0 Å². The van der Waals surface area contributed by atoms with Gasteiger partial charge in [0.1, 0.15) is 5.82 Å². The van der Waals surface area contributed by atoms with Gasteiger partial charge in [0.2, 0.25) is 0 Å². The lowest BCUT2D eigenvalue weighted by atomic mass is 10.0. The first-order chi connectivity index (χ1) is 9.15. The van der Waals surface area contributed by atoms with Gasteiger partial charge in [-0.3, -0.25) is 4.90 Å². The van der Waals surface area contributed by atoms with Crippen molar-refractivity contribution in [3.05, 3.63) is 35.6 Å². The zero-order valence-corrected chi connectivity index (χ0v) is 11.7. The Morgan fingerprint density at radius 3 is 2.95 bits per heavy atom. The van der Waals surface area contributed by atoms with Crippen molar-refractivity contribution in [2.45, 2.75) is 57.7 Å². The summed E-state index contributed by atoms with van der Waals surface area (Å²) in [6.45, 7) is 3.69. The highest BCUT2D eigenvalue weighted by atomic mass is 19.1. The highest BCUT2D eigenvalue weighted by molar-refractivity contribution is 5.16. The Morgan fingerprint density at radius 1 is 1.37 bits per heavy atom. The molecule has 1 aromatic rings. The summed E-state index contributed by atoms with van der Waals surface area (Å²) in [6.07, 6.45) is 5.38. The van der Waals surface area contributed by atoms with Crippen LogP contribution < -0.4 is 0 Å². The Kier molecular flexibility index (Phi) is 5.34. The standard InChI is InChI=1S/C16H24FNO/c1-13(19)10-16-8-3-2-4-9-18(16)12-14-6-5-7-15(17)11-14/h5-7,11,13,16,19H,2-4,8-10,12H2,1H3. The van der Waals surface area contributed by atoms with E-state index in [2.05, 4.69) is 4.90 Å². The fourth-order valence-corrected chi connectivity index (χ4v) is 2.98. The molecule has 0 aromatic heterocycles. The molecular formula is C16H24FNO. The molecule has 0 spiro atoms. The second kappa shape index (κ2) is 7.01. The normalized spacial score (nSPS) is 23.0. The van der Waals surface area contributed by atoms with Crippen molar-refractivity contribution >= 4 is 0 Å². The zero-order chi connectivity index (χ0) is 13.7. The third kappa shape index (κ3) is 4.59. The number of hydrogen-bond acceptors (Lipinski definition) is 2. The summed E-state index contributed by atoms with van der Waals surface area (Å²) in [4.78, 5) is 2.41. The lowest BCUT2D eigenvalue weighted by Gasteiger charge is -2.31. The third-order valence-corrected chi connectivity index (χ3v) is 3.89. The van der Waals surface area contributed by atoms with Crippen LogP contribution in [0.4, 0.5) is 4.39 Å². The molecule has 2 unspecified atom stereocenters. The van der Waals surface area contributed by atoms with Gasteiger partial charge in [-0.25, -0.2) is 4.39 Å². The first kappa shape index (κ1) is 14.5. The highest BCUT2D eigenvalue weighted by Gasteiger charge is 2.22. The van der Waals surface area contributed by atoms with E-state index in [0.717, 1.165) is 31.5 Å². The first-order valence-corrected chi connectivity index (χ1v) is 7.31. The van der Waals surface area contributed by atoms with E-state index in [9.17, 15) is 9.50 Å². The Hall–Kier alpha value is -0.930. The fourth-order valence-electron chi connectivity index (χ4n) is 2.98. The predicted octanol–water partition coefficient (Wildman–Crippen LogP) is 3.34. The minimum Gasteiger partial charge on any atom is -0.393 e. The molecule has 0 saturated carbocycles. The summed E-state index contributed by atoms with van der Waals surface area (Å²) >= 11 is 0. The maximum Gasteiger partial charge on any atom is 0.123 e. The van der Waals surface area contributed by atoms with Gasteiger partial charge in [0.15, 0.2) is 0 Å². The van der Waals surface area contributed by atoms with Crippen molar-refractivity contribution in [2.75, 3.05) is 6.54 Å². The summed E-state index contributed by atoms with van der Waals surface area (Å²) in [5.41, 5.74) is 1.03. The number of rotatable bonds is 4. The third-order valence-electron chi connectivity index (χ3n) is 3.89. The van der Waals surface area contributed by atoms with Crippen LogP contribution in [0.25, 0.3) is 0 Å². The first-order valence-electron chi connectivity index (χ1n) is 7.31. The summed E-state index contributed by atoms with van der Waals surface area (Å²) in [7, 11) is 0. The van der Waals surface area contributed by atoms with E-state index in [1.54, 1.807) is 12.1 Å². The second-order valence-electron chi connectivity index (χ2n) is 5.69. The van der Waals surface area contributed by atoms with Crippen molar-refractivity contribution < 1.29 is 9.50 Å². The molecule has 3 heteroatoms. The van der Waals surface area contributed by atoms with E-state index >= 15 is 0 Å². The molecule has 1 N–H and O–H groups in total. The van der Waals surface area contributed by atoms with E-state index in [4.69, 9.17) is 0 Å². The van der Waals surface area contributed by atoms with Crippen LogP contribution in [-0.4, -0.2) is 28.7 Å². The summed E-state index contributed by atoms with van der Waals surface area (Å²) < 4.78 is 13.3. The summed E-state index contributed by atoms with van der Waals surface area (Å²) in [5, 5.41) is 9.64. The molecule has 2 nitrogen and oxygen atoms in total. The molecule has 1 aromatic carbocycles. The van der Waals surface area contributed by atoms with Crippen LogP contribution in [0.3, 0.4) is 0 Å². The van der Waals surface area contributed by atoms with E-state index in [0.29, 0.717) is 6.04 Å². The molecule has 2 atom stereocenters. The smallest absolute Gasteiger partial charge is 0.123 e. The Balaban J connectivity index is 2.05. The average Bonchev–Trinajstić information content (AvgIpc) is 2.55. The number of likely N-dealkylation sites (tertiary alicyclic amines) is 1. The molecule has 0 aliphatic carbocycles. The lowest BCUT2D eigenvalue weighted by Crippen LogP contribution is -2.36. The molecule has 1 aliphatic rings. The molecule has 0 radical (unpaired) electrons. The van der Waals surface area contributed by atoms with Gasteiger partial charge in [-0.1, -0.05) is 25.0 Å². The number of halogens is 1. The molecule has 0 amide bonds. The molecule has 0 bridgehead atoms. The van der Waals surface area contributed by atoms with Gasteiger partial charge in [0, 0.05) is 12.6 Å². The van der Waals surface area contributed by atoms with Gasteiger partial charge in [-0.05, 0) is 50.4 Å². The second-order valence-corrected chi connectivity index (χ2v) is 5.69. The largest absolute Gasteiger partial charge is 0.393 e. The zero-order valence-electron chi connectivity index (χ0n) is 11.7. The quantitative estimate of drug-likeness (QED) is 0.902. The number of nitrogens with zero attached hydrogens (tertiary/aromatic N) is 1. The monoisotopic (exact) mass is 265 g/mol. The highest BCUT2D eigenvalue weighted by Crippen LogP contribution is 2.22. The number of aliphatic hydroxyl groups excluding tert-OH is 1. The number of benzene rings is 1. The van der Waals surface area contributed by atoms with E-state index in [-0.39, 0.29) is 11.9 Å². The van der Waals surface area contributed by atoms with Crippen LogP contribution in [0.15, 0.2) is 24.3 Å². The van der Waals surface area contributed by atoms with Gasteiger partial charge in [0.05, 0.1) is 6.10 Å². The summed E-state index contributed by atoms with van der Waals surface area (Å²) in [6, 6.07) is 7.27. The lowest BCUT2D eigenvalue weighted by molar-refractivity contribution is 0.108. The van der Waals surface area contributed by atoms with Crippen LogP contribution in [0, 0.1) is 5.82 Å². The van der Waals surface area contributed by atoms with Gasteiger partial charge in [-0.2, -0.15) is 0 Å². The molecular weight excluding hydrogens is 241 g/mol. The minimum absolute atomic E-state index is 0.167. The average molecular weight is 265 g/mol. The van der Waals surface area contributed by atoms with Crippen molar-refractivity contribution in [3.63, 3.8) is 0 Å². The molecule has 19 heavy (non-hydrogen) atoms. The van der Waals surface area contributed by atoms with Crippen molar-refractivity contribution in [1.82, 2.24) is 4.90 Å². The number of aliphatic hydroxyl groups is 1. The SMILES string of the molecule is CC(O)CC1CCCCCN1Cc1cccc(F)c1. The molecule has 1 saturated heterocycles. The van der Waals surface area contributed by atoms with Crippen LogP contribution in [0.1, 0.15) is 44.6 Å². The van der Waals surface area contributed by atoms with Crippen molar-refractivity contribution in [3.8, 4) is 0 Å². The minimum atomic E-state index is -0.266.